The topological polar surface area (TPSA) is 168 Å². The molecule has 0 aliphatic carbocycles. The summed E-state index contributed by atoms with van der Waals surface area (Å²) in [4.78, 5) is 10.0. The number of carbonyl (C=O) groups excluding carboxylic acids is 1. The third kappa shape index (κ3) is 7.91. The molecule has 0 saturated heterocycles. The fourth-order valence-corrected chi connectivity index (χ4v) is 4.71. The summed E-state index contributed by atoms with van der Waals surface area (Å²) in [6.07, 6.45) is 1.10. The molecule has 33 heavy (non-hydrogen) atoms. The fraction of sp³-hybridized carbons (Fsp3) is 0.200. The smallest absolute Gasteiger partial charge is 0.295 e. The van der Waals surface area contributed by atoms with Gasteiger partial charge in [-0.15, -0.1) is 0 Å². The molecule has 0 atom stereocenters. The third-order valence-electron chi connectivity index (χ3n) is 4.04. The van der Waals surface area contributed by atoms with E-state index in [-0.39, 0.29) is 17.3 Å². The number of hydrogen-bond acceptors (Lipinski definition) is 6. The Morgan fingerprint density at radius 2 is 1.61 bits per heavy atom. The van der Waals surface area contributed by atoms with E-state index in [0.717, 1.165) is 18.2 Å². The predicted octanol–water partition coefficient (Wildman–Crippen LogP) is 2.37. The van der Waals surface area contributed by atoms with Crippen molar-refractivity contribution in [2.24, 2.45) is 5.14 Å². The first-order valence-electron chi connectivity index (χ1n) is 9.48. The minimum absolute atomic E-state index is 0.0892. The molecule has 178 valence electrons. The van der Waals surface area contributed by atoms with Crippen molar-refractivity contribution in [3.05, 3.63) is 53.6 Å². The maximum absolute atomic E-state index is 12.1. The van der Waals surface area contributed by atoms with Crippen LogP contribution in [0.15, 0.2) is 47.4 Å². The van der Waals surface area contributed by atoms with Crippen molar-refractivity contribution in [2.45, 2.75) is 31.7 Å². The van der Waals surface area contributed by atoms with Crippen LogP contribution in [-0.4, -0.2) is 38.4 Å². The van der Waals surface area contributed by atoms with Crippen LogP contribution in [0.2, 0.25) is 0 Å². The molecule has 2 aromatic rings. The highest BCUT2D eigenvalue weighted by molar-refractivity contribution is 7.95. The molecule has 0 radical (unpaired) electrons. The molecule has 1 amide bonds. The predicted molar refractivity (Wildman–Crippen MR) is 132 cm³/mol. The number of amides is 1. The van der Waals surface area contributed by atoms with E-state index in [0.29, 0.717) is 16.4 Å². The number of nitrogens with one attached hydrogen (secondary N) is 3. The van der Waals surface area contributed by atoms with E-state index in [1.54, 1.807) is 24.3 Å². The summed E-state index contributed by atoms with van der Waals surface area (Å²) in [6.45, 7) is 5.08. The number of thiocarbonyl (C=S) groups is 1. The van der Waals surface area contributed by atoms with Gasteiger partial charge in [-0.1, -0.05) is 18.2 Å². The lowest BCUT2D eigenvalue weighted by Gasteiger charge is -2.14. The van der Waals surface area contributed by atoms with Crippen molar-refractivity contribution < 1.29 is 26.2 Å². The van der Waals surface area contributed by atoms with E-state index >= 15 is 0 Å². The van der Waals surface area contributed by atoms with Crippen molar-refractivity contribution in [1.82, 2.24) is 5.32 Å². The zero-order chi connectivity index (χ0) is 25.0. The molecule has 0 saturated carbocycles. The minimum Gasteiger partial charge on any atom is -0.360 e. The molecule has 0 aromatic heterocycles. The Bertz CT molecular complexity index is 1300. The second-order valence-corrected chi connectivity index (χ2v) is 10.6. The summed E-state index contributed by atoms with van der Waals surface area (Å²) in [7, 11) is -9.29. The molecule has 0 heterocycles. The molecule has 0 aliphatic rings. The van der Waals surface area contributed by atoms with Crippen LogP contribution in [0.1, 0.15) is 31.9 Å². The average Bonchev–Trinajstić information content (AvgIpc) is 2.65. The van der Waals surface area contributed by atoms with Gasteiger partial charge in [0.05, 0.1) is 4.90 Å². The third-order valence-corrected chi connectivity index (χ3v) is 6.10. The molecule has 0 aliphatic heterocycles. The highest BCUT2D eigenvalue weighted by Gasteiger charge is 2.25. The van der Waals surface area contributed by atoms with Gasteiger partial charge in [-0.05, 0) is 62.0 Å². The Labute approximate surface area is 198 Å². The monoisotopic (exact) mass is 512 g/mol. The molecule has 6 N–H and O–H groups in total. The standard InChI is InChI=1S/C20H24N4O6S3/c1-12(2)22-20(31)24-15-6-4-14(5-7-15)10-19(33(28,29)30)17-9-8-16(23-13(3)25)11-18(17)32(21,26)27/h4-12H,1-3H3,(H,23,25)(H2,21,26,27)(H2,22,24,31)(H,28,29,30). The summed E-state index contributed by atoms with van der Waals surface area (Å²) in [5.74, 6) is -0.467. The van der Waals surface area contributed by atoms with Crippen LogP contribution in [0.4, 0.5) is 11.4 Å². The fourth-order valence-electron chi connectivity index (χ4n) is 2.78. The Morgan fingerprint density at radius 1 is 1.03 bits per heavy atom. The van der Waals surface area contributed by atoms with Crippen molar-refractivity contribution in [3.8, 4) is 0 Å². The number of rotatable bonds is 7. The van der Waals surface area contributed by atoms with Gasteiger partial charge in [-0.25, -0.2) is 13.6 Å². The molecule has 10 nitrogen and oxygen atoms in total. The molecule has 0 spiro atoms. The first-order valence-corrected chi connectivity index (χ1v) is 12.9. The maximum Gasteiger partial charge on any atom is 0.295 e. The van der Waals surface area contributed by atoms with Crippen LogP contribution in [0.5, 0.6) is 0 Å². The normalized spacial score (nSPS) is 12.4. The van der Waals surface area contributed by atoms with Crippen LogP contribution >= 0.6 is 12.2 Å². The lowest BCUT2D eigenvalue weighted by atomic mass is 10.1. The second kappa shape index (κ2) is 10.4. The van der Waals surface area contributed by atoms with Gasteiger partial charge in [0.1, 0.15) is 4.91 Å². The molecule has 0 bridgehead atoms. The number of anilines is 2. The van der Waals surface area contributed by atoms with E-state index in [4.69, 9.17) is 17.4 Å². The van der Waals surface area contributed by atoms with Crippen LogP contribution in [0.25, 0.3) is 11.0 Å². The minimum atomic E-state index is -4.87. The van der Waals surface area contributed by atoms with Gasteiger partial charge in [0.15, 0.2) is 5.11 Å². The molecule has 13 heteroatoms. The number of carbonyl (C=O) groups is 1. The van der Waals surface area contributed by atoms with Crippen molar-refractivity contribution in [1.29, 1.82) is 0 Å². The Morgan fingerprint density at radius 3 is 2.09 bits per heavy atom. The van der Waals surface area contributed by atoms with Crippen molar-refractivity contribution >= 4 is 65.7 Å². The van der Waals surface area contributed by atoms with Gasteiger partial charge in [0.2, 0.25) is 15.9 Å². The van der Waals surface area contributed by atoms with Crippen LogP contribution in [-0.2, 0) is 24.9 Å². The molecular weight excluding hydrogens is 488 g/mol. The summed E-state index contributed by atoms with van der Waals surface area (Å²) in [5.41, 5.74) is 0.718. The average molecular weight is 513 g/mol. The van der Waals surface area contributed by atoms with E-state index in [9.17, 15) is 26.2 Å². The lowest BCUT2D eigenvalue weighted by Crippen LogP contribution is -2.33. The Balaban J connectivity index is 2.53. The zero-order valence-electron chi connectivity index (χ0n) is 18.0. The number of primary sulfonamides is 1. The SMILES string of the molecule is CC(=O)Nc1ccc(C(=Cc2ccc(NC(=S)NC(C)C)cc2)S(=O)(=O)O)c(S(N)(=O)=O)c1. The molecule has 0 fully saturated rings. The highest BCUT2D eigenvalue weighted by atomic mass is 32.2. The Kier molecular flexibility index (Phi) is 8.32. The van der Waals surface area contributed by atoms with Crippen LogP contribution in [0.3, 0.4) is 0 Å². The summed E-state index contributed by atoms with van der Waals surface area (Å²) < 4.78 is 58.4. The summed E-state index contributed by atoms with van der Waals surface area (Å²) in [6, 6.07) is 9.93. The molecule has 2 aromatic carbocycles. The molecular formula is C20H24N4O6S3. The lowest BCUT2D eigenvalue weighted by molar-refractivity contribution is -0.114. The first kappa shape index (κ1) is 26.4. The zero-order valence-corrected chi connectivity index (χ0v) is 20.4. The van der Waals surface area contributed by atoms with E-state index < -0.39 is 35.8 Å². The Hall–Kier alpha value is -2.84. The van der Waals surface area contributed by atoms with Crippen LogP contribution < -0.4 is 21.1 Å². The van der Waals surface area contributed by atoms with Gasteiger partial charge in [-0.2, -0.15) is 8.42 Å². The second-order valence-electron chi connectivity index (χ2n) is 7.30. The van der Waals surface area contributed by atoms with Gasteiger partial charge < -0.3 is 16.0 Å². The number of benzene rings is 2. The van der Waals surface area contributed by atoms with Crippen LogP contribution in [0, 0.1) is 0 Å². The summed E-state index contributed by atoms with van der Waals surface area (Å²) >= 11 is 5.17. The molecule has 2 rings (SSSR count). The largest absolute Gasteiger partial charge is 0.360 e. The van der Waals surface area contributed by atoms with Crippen molar-refractivity contribution in [3.63, 3.8) is 0 Å². The first-order chi connectivity index (χ1) is 15.2. The van der Waals surface area contributed by atoms with E-state index in [1.807, 2.05) is 13.8 Å². The number of nitrogens with two attached hydrogens (primary N) is 1. The van der Waals surface area contributed by atoms with E-state index in [2.05, 4.69) is 16.0 Å². The molecule has 0 unspecified atom stereocenters. The summed E-state index contributed by atoms with van der Waals surface area (Å²) in [5, 5.41) is 14.0. The highest BCUT2D eigenvalue weighted by Crippen LogP contribution is 2.31. The van der Waals surface area contributed by atoms with Gasteiger partial charge >= 0.3 is 0 Å². The maximum atomic E-state index is 12.1. The number of hydrogen-bond donors (Lipinski definition) is 5. The van der Waals surface area contributed by atoms with E-state index in [1.165, 1.54) is 13.0 Å². The van der Waals surface area contributed by atoms with Gasteiger partial charge in [0, 0.05) is 29.9 Å². The number of sulfonamides is 1. The van der Waals surface area contributed by atoms with Gasteiger partial charge in [-0.3, -0.25) is 9.35 Å². The quantitative estimate of drug-likeness (QED) is 0.212. The van der Waals surface area contributed by atoms with Crippen molar-refractivity contribution in [2.75, 3.05) is 10.6 Å². The van der Waals surface area contributed by atoms with Gasteiger partial charge in [0.25, 0.3) is 10.1 Å².